The Hall–Kier alpha value is -2.36. The highest BCUT2D eigenvalue weighted by atomic mass is 19.1. The van der Waals surface area contributed by atoms with Crippen molar-refractivity contribution in [1.82, 2.24) is 9.97 Å². The molecule has 0 amide bonds. The first-order valence-electron chi connectivity index (χ1n) is 5.25. The molecule has 0 aliphatic carbocycles. The average Bonchev–Trinajstić information content (AvgIpc) is 2.70. The lowest BCUT2D eigenvalue weighted by atomic mass is 10.0. The Bertz CT molecular complexity index is 674. The van der Waals surface area contributed by atoms with E-state index in [1.165, 1.54) is 6.07 Å². The summed E-state index contributed by atoms with van der Waals surface area (Å²) in [5, 5.41) is 0. The Balaban J connectivity index is 2.38. The molecule has 84 valence electrons. The number of nitrogens with two attached hydrogens (primary N) is 1. The van der Waals surface area contributed by atoms with Crippen molar-refractivity contribution in [3.8, 4) is 11.1 Å². The Morgan fingerprint density at radius 1 is 1.06 bits per heavy atom. The maximum atomic E-state index is 13.9. The van der Waals surface area contributed by atoms with Crippen LogP contribution in [0.3, 0.4) is 0 Å². The van der Waals surface area contributed by atoms with E-state index in [1.54, 1.807) is 6.07 Å². The number of nitrogens with zero attached hydrogens (tertiary/aromatic N) is 1. The maximum absolute atomic E-state index is 13.9. The Morgan fingerprint density at radius 3 is 2.59 bits per heavy atom. The molecule has 0 unspecified atom stereocenters. The minimum atomic E-state index is -0.296. The van der Waals surface area contributed by atoms with Crippen molar-refractivity contribution in [2.45, 2.75) is 0 Å². The number of aromatic amines is 1. The highest BCUT2D eigenvalue weighted by molar-refractivity contribution is 5.93. The average molecular weight is 227 g/mol. The first-order chi connectivity index (χ1) is 8.25. The molecular weight excluding hydrogens is 217 g/mol. The van der Waals surface area contributed by atoms with E-state index in [0.29, 0.717) is 17.0 Å². The maximum Gasteiger partial charge on any atom is 0.198 e. The highest BCUT2D eigenvalue weighted by Gasteiger charge is 2.12. The van der Waals surface area contributed by atoms with Gasteiger partial charge in [0.1, 0.15) is 11.3 Å². The molecule has 3 aromatic rings. The lowest BCUT2D eigenvalue weighted by Crippen LogP contribution is -1.87. The zero-order valence-corrected chi connectivity index (χ0v) is 8.94. The van der Waals surface area contributed by atoms with Crippen LogP contribution < -0.4 is 5.73 Å². The van der Waals surface area contributed by atoms with Gasteiger partial charge in [0.05, 0.1) is 5.52 Å². The first-order valence-corrected chi connectivity index (χ1v) is 5.25. The lowest BCUT2D eigenvalue weighted by molar-refractivity contribution is 0.633. The molecule has 0 radical (unpaired) electrons. The van der Waals surface area contributed by atoms with Gasteiger partial charge in [-0.2, -0.15) is 0 Å². The summed E-state index contributed by atoms with van der Waals surface area (Å²) in [4.78, 5) is 7.03. The van der Waals surface area contributed by atoms with Crippen LogP contribution in [0, 0.1) is 5.82 Å². The summed E-state index contributed by atoms with van der Waals surface area (Å²) >= 11 is 0. The molecule has 0 aliphatic heterocycles. The van der Waals surface area contributed by atoms with Crippen molar-refractivity contribution >= 4 is 17.0 Å². The van der Waals surface area contributed by atoms with Crippen LogP contribution in [0.2, 0.25) is 0 Å². The number of anilines is 1. The van der Waals surface area contributed by atoms with E-state index >= 15 is 0 Å². The van der Waals surface area contributed by atoms with E-state index in [-0.39, 0.29) is 5.82 Å². The van der Waals surface area contributed by atoms with Gasteiger partial charge in [-0.3, -0.25) is 0 Å². The van der Waals surface area contributed by atoms with Crippen LogP contribution in [0.4, 0.5) is 10.3 Å². The molecule has 0 aliphatic rings. The van der Waals surface area contributed by atoms with Gasteiger partial charge in [-0.25, -0.2) is 9.37 Å². The van der Waals surface area contributed by atoms with Crippen molar-refractivity contribution in [1.29, 1.82) is 0 Å². The van der Waals surface area contributed by atoms with E-state index < -0.39 is 0 Å². The largest absolute Gasteiger partial charge is 0.369 e. The third-order valence-corrected chi connectivity index (χ3v) is 2.68. The highest BCUT2D eigenvalue weighted by Crippen LogP contribution is 2.30. The number of fused-ring (bicyclic) bond motifs is 1. The van der Waals surface area contributed by atoms with Gasteiger partial charge in [-0.1, -0.05) is 30.3 Å². The SMILES string of the molecule is Nc1nc2c(-c3ccccc3)c(F)ccc2[nH]1. The van der Waals surface area contributed by atoms with Crippen LogP contribution in [0.15, 0.2) is 42.5 Å². The minimum absolute atomic E-state index is 0.294. The summed E-state index contributed by atoms with van der Waals surface area (Å²) < 4.78 is 13.9. The summed E-state index contributed by atoms with van der Waals surface area (Å²) in [6, 6.07) is 12.4. The fourth-order valence-corrected chi connectivity index (χ4v) is 1.95. The molecule has 3 nitrogen and oxygen atoms in total. The molecule has 1 heterocycles. The molecule has 0 bridgehead atoms. The van der Waals surface area contributed by atoms with Crippen LogP contribution in [-0.4, -0.2) is 9.97 Å². The van der Waals surface area contributed by atoms with Crippen molar-refractivity contribution in [3.63, 3.8) is 0 Å². The number of nitrogen functional groups attached to an aromatic ring is 1. The number of aromatic nitrogens is 2. The number of hydrogen-bond donors (Lipinski definition) is 2. The summed E-state index contributed by atoms with van der Waals surface area (Å²) in [6.45, 7) is 0. The van der Waals surface area contributed by atoms with Gasteiger partial charge < -0.3 is 10.7 Å². The van der Waals surface area contributed by atoms with E-state index in [0.717, 1.165) is 11.1 Å². The number of halogens is 1. The van der Waals surface area contributed by atoms with E-state index in [1.807, 2.05) is 30.3 Å². The molecule has 2 aromatic carbocycles. The number of hydrogen-bond acceptors (Lipinski definition) is 2. The van der Waals surface area contributed by atoms with Crippen LogP contribution in [0.5, 0.6) is 0 Å². The quantitative estimate of drug-likeness (QED) is 0.671. The zero-order valence-electron chi connectivity index (χ0n) is 8.94. The summed E-state index contributed by atoms with van der Waals surface area (Å²) in [5.41, 5.74) is 8.18. The summed E-state index contributed by atoms with van der Waals surface area (Å²) in [5.74, 6) is -0.00187. The second-order valence-corrected chi connectivity index (χ2v) is 3.81. The van der Waals surface area contributed by atoms with Gasteiger partial charge in [0.2, 0.25) is 0 Å². The van der Waals surface area contributed by atoms with Gasteiger partial charge in [0.15, 0.2) is 5.95 Å². The third kappa shape index (κ3) is 1.54. The standard InChI is InChI=1S/C13H10FN3/c14-9-6-7-10-12(17-13(15)16-10)11(9)8-4-2-1-3-5-8/h1-7H,(H3,15,16,17). The van der Waals surface area contributed by atoms with Gasteiger partial charge in [0.25, 0.3) is 0 Å². The number of H-pyrrole nitrogens is 1. The molecule has 0 saturated carbocycles. The van der Waals surface area contributed by atoms with E-state index in [2.05, 4.69) is 9.97 Å². The van der Waals surface area contributed by atoms with Gasteiger partial charge in [-0.15, -0.1) is 0 Å². The number of imidazole rings is 1. The summed E-state index contributed by atoms with van der Waals surface area (Å²) in [6.07, 6.45) is 0. The molecule has 0 fully saturated rings. The first kappa shape index (κ1) is 9.84. The van der Waals surface area contributed by atoms with Gasteiger partial charge >= 0.3 is 0 Å². The molecule has 3 rings (SSSR count). The van der Waals surface area contributed by atoms with E-state index in [4.69, 9.17) is 5.73 Å². The minimum Gasteiger partial charge on any atom is -0.369 e. The molecule has 1 aromatic heterocycles. The van der Waals surface area contributed by atoms with Crippen LogP contribution in [-0.2, 0) is 0 Å². The van der Waals surface area contributed by atoms with Crippen LogP contribution in [0.1, 0.15) is 0 Å². The predicted molar refractivity (Wildman–Crippen MR) is 65.9 cm³/mol. The molecule has 0 spiro atoms. The number of nitrogens with one attached hydrogen (secondary N) is 1. The number of benzene rings is 2. The molecule has 0 atom stereocenters. The molecule has 17 heavy (non-hydrogen) atoms. The Kier molecular flexibility index (Phi) is 2.08. The lowest BCUT2D eigenvalue weighted by Gasteiger charge is -2.03. The van der Waals surface area contributed by atoms with Crippen molar-refractivity contribution < 1.29 is 4.39 Å². The van der Waals surface area contributed by atoms with Crippen LogP contribution in [0.25, 0.3) is 22.2 Å². The molecule has 3 N–H and O–H groups in total. The Morgan fingerprint density at radius 2 is 1.82 bits per heavy atom. The topological polar surface area (TPSA) is 54.7 Å². The van der Waals surface area contributed by atoms with Crippen molar-refractivity contribution in [2.24, 2.45) is 0 Å². The molecular formula is C13H10FN3. The van der Waals surface area contributed by atoms with Gasteiger partial charge in [0, 0.05) is 5.56 Å². The second-order valence-electron chi connectivity index (χ2n) is 3.81. The molecule has 4 heteroatoms. The normalized spacial score (nSPS) is 10.9. The predicted octanol–water partition coefficient (Wildman–Crippen LogP) is 2.95. The summed E-state index contributed by atoms with van der Waals surface area (Å²) in [7, 11) is 0. The second kappa shape index (κ2) is 3.59. The fraction of sp³-hybridized carbons (Fsp3) is 0. The van der Waals surface area contributed by atoms with Crippen molar-refractivity contribution in [3.05, 3.63) is 48.3 Å². The third-order valence-electron chi connectivity index (χ3n) is 2.68. The van der Waals surface area contributed by atoms with Crippen molar-refractivity contribution in [2.75, 3.05) is 5.73 Å². The smallest absolute Gasteiger partial charge is 0.198 e. The zero-order chi connectivity index (χ0) is 11.8. The Labute approximate surface area is 97.1 Å². The fourth-order valence-electron chi connectivity index (χ4n) is 1.95. The van der Waals surface area contributed by atoms with Crippen LogP contribution >= 0.6 is 0 Å². The van der Waals surface area contributed by atoms with E-state index in [9.17, 15) is 4.39 Å². The van der Waals surface area contributed by atoms with Gasteiger partial charge in [-0.05, 0) is 17.7 Å². The molecule has 0 saturated heterocycles. The number of rotatable bonds is 1. The monoisotopic (exact) mass is 227 g/mol.